The Morgan fingerprint density at radius 2 is 1.67 bits per heavy atom. The van der Waals surface area contributed by atoms with Crippen molar-refractivity contribution in [2.24, 2.45) is 0 Å². The van der Waals surface area contributed by atoms with Gasteiger partial charge in [0, 0.05) is 18.0 Å². The molecule has 0 bridgehead atoms. The summed E-state index contributed by atoms with van der Waals surface area (Å²) in [6.07, 6.45) is 6.53. The van der Waals surface area contributed by atoms with Gasteiger partial charge >= 0.3 is 0 Å². The normalized spacial score (nSPS) is 16.3. The second-order valence-corrected chi connectivity index (χ2v) is 7.19. The van der Waals surface area contributed by atoms with Crippen LogP contribution in [0.1, 0.15) is 37.3 Å². The van der Waals surface area contributed by atoms with Gasteiger partial charge in [0.1, 0.15) is 6.04 Å². The van der Waals surface area contributed by atoms with Crippen LogP contribution in [-0.2, 0) is 15.0 Å². The molecule has 0 saturated heterocycles. The third-order valence-corrected chi connectivity index (χ3v) is 5.28. The molecule has 4 heteroatoms. The summed E-state index contributed by atoms with van der Waals surface area (Å²) in [5, 5.41) is 5.75. The van der Waals surface area contributed by atoms with Crippen LogP contribution < -0.4 is 10.6 Å². The zero-order chi connectivity index (χ0) is 19.1. The van der Waals surface area contributed by atoms with Crippen LogP contribution in [0.25, 0.3) is 6.08 Å². The van der Waals surface area contributed by atoms with Crippen molar-refractivity contribution < 1.29 is 9.59 Å². The molecule has 2 aromatic carbocycles. The van der Waals surface area contributed by atoms with Gasteiger partial charge in [-0.15, -0.1) is 0 Å². The molecule has 3 rings (SSSR count). The highest BCUT2D eigenvalue weighted by molar-refractivity contribution is 5.95. The van der Waals surface area contributed by atoms with Crippen molar-refractivity contribution in [1.29, 1.82) is 0 Å². The SMILES string of the molecule is CC(NC(=O)/C=C/c1ccccc1)C(=O)NCC1(c2ccccc2)CCC1. The summed E-state index contributed by atoms with van der Waals surface area (Å²) in [5.41, 5.74) is 2.26. The van der Waals surface area contributed by atoms with Gasteiger partial charge in [0.25, 0.3) is 0 Å². The van der Waals surface area contributed by atoms with Gasteiger partial charge in [0.2, 0.25) is 11.8 Å². The summed E-state index contributed by atoms with van der Waals surface area (Å²) in [4.78, 5) is 24.5. The topological polar surface area (TPSA) is 58.2 Å². The molecule has 1 unspecified atom stereocenters. The largest absolute Gasteiger partial charge is 0.353 e. The van der Waals surface area contributed by atoms with Gasteiger partial charge in [0.15, 0.2) is 0 Å². The Morgan fingerprint density at radius 3 is 2.26 bits per heavy atom. The monoisotopic (exact) mass is 362 g/mol. The minimum absolute atomic E-state index is 0.0356. The summed E-state index contributed by atoms with van der Waals surface area (Å²) >= 11 is 0. The lowest BCUT2D eigenvalue weighted by Crippen LogP contribution is -2.50. The Labute approximate surface area is 160 Å². The third kappa shape index (κ3) is 4.85. The number of hydrogen-bond donors (Lipinski definition) is 2. The molecule has 1 atom stereocenters. The molecule has 2 amide bonds. The lowest BCUT2D eigenvalue weighted by Gasteiger charge is -2.42. The van der Waals surface area contributed by atoms with Gasteiger partial charge < -0.3 is 10.6 Å². The second-order valence-electron chi connectivity index (χ2n) is 7.19. The average molecular weight is 362 g/mol. The van der Waals surface area contributed by atoms with Gasteiger partial charge in [-0.2, -0.15) is 0 Å². The van der Waals surface area contributed by atoms with E-state index >= 15 is 0 Å². The highest BCUT2D eigenvalue weighted by Gasteiger charge is 2.38. The fourth-order valence-corrected chi connectivity index (χ4v) is 3.44. The Hall–Kier alpha value is -2.88. The van der Waals surface area contributed by atoms with Gasteiger partial charge in [-0.05, 0) is 37.0 Å². The summed E-state index contributed by atoms with van der Waals surface area (Å²) in [6, 6.07) is 19.4. The Morgan fingerprint density at radius 1 is 1.04 bits per heavy atom. The average Bonchev–Trinajstić information content (AvgIpc) is 2.67. The molecule has 1 aliphatic carbocycles. The van der Waals surface area contributed by atoms with Crippen LogP contribution in [0.3, 0.4) is 0 Å². The maximum Gasteiger partial charge on any atom is 0.244 e. The molecule has 1 fully saturated rings. The van der Waals surface area contributed by atoms with E-state index in [1.807, 2.05) is 48.5 Å². The summed E-state index contributed by atoms with van der Waals surface area (Å²) in [5.74, 6) is -0.429. The first-order valence-corrected chi connectivity index (χ1v) is 9.46. The summed E-state index contributed by atoms with van der Waals surface area (Å²) in [7, 11) is 0. The van der Waals surface area contributed by atoms with E-state index in [0.29, 0.717) is 6.54 Å². The molecule has 1 saturated carbocycles. The predicted molar refractivity (Wildman–Crippen MR) is 108 cm³/mol. The quantitative estimate of drug-likeness (QED) is 0.741. The predicted octanol–water partition coefficient (Wildman–Crippen LogP) is 3.44. The van der Waals surface area contributed by atoms with Crippen LogP contribution >= 0.6 is 0 Å². The molecule has 0 aliphatic heterocycles. The molecule has 1 aliphatic rings. The van der Waals surface area contributed by atoms with Gasteiger partial charge in [-0.3, -0.25) is 9.59 Å². The highest BCUT2D eigenvalue weighted by Crippen LogP contribution is 2.43. The molecular formula is C23H26N2O2. The smallest absolute Gasteiger partial charge is 0.244 e. The van der Waals surface area contributed by atoms with Crippen molar-refractivity contribution in [3.05, 3.63) is 77.9 Å². The molecule has 0 heterocycles. The molecule has 27 heavy (non-hydrogen) atoms. The third-order valence-electron chi connectivity index (χ3n) is 5.28. The minimum atomic E-state index is -0.578. The molecule has 140 valence electrons. The van der Waals surface area contributed by atoms with E-state index in [0.717, 1.165) is 18.4 Å². The number of hydrogen-bond acceptors (Lipinski definition) is 2. The molecule has 4 nitrogen and oxygen atoms in total. The molecule has 2 N–H and O–H groups in total. The van der Waals surface area contributed by atoms with Crippen LogP contribution in [0, 0.1) is 0 Å². The first-order chi connectivity index (χ1) is 13.1. The lowest BCUT2D eigenvalue weighted by atomic mass is 9.64. The number of amides is 2. The van der Waals surface area contributed by atoms with Crippen LogP contribution in [0.5, 0.6) is 0 Å². The zero-order valence-corrected chi connectivity index (χ0v) is 15.7. The molecule has 0 radical (unpaired) electrons. The van der Waals surface area contributed by atoms with Crippen molar-refractivity contribution >= 4 is 17.9 Å². The van der Waals surface area contributed by atoms with E-state index in [1.165, 1.54) is 18.1 Å². The van der Waals surface area contributed by atoms with E-state index in [9.17, 15) is 9.59 Å². The second kappa shape index (κ2) is 8.67. The Bertz CT molecular complexity index is 796. The van der Waals surface area contributed by atoms with E-state index in [1.54, 1.807) is 13.0 Å². The van der Waals surface area contributed by atoms with Crippen molar-refractivity contribution in [3.8, 4) is 0 Å². The zero-order valence-electron chi connectivity index (χ0n) is 15.7. The lowest BCUT2D eigenvalue weighted by molar-refractivity contribution is -0.127. The summed E-state index contributed by atoms with van der Waals surface area (Å²) in [6.45, 7) is 2.31. The van der Waals surface area contributed by atoms with Crippen molar-refractivity contribution in [3.63, 3.8) is 0 Å². The van der Waals surface area contributed by atoms with E-state index < -0.39 is 6.04 Å². The Balaban J connectivity index is 1.50. The van der Waals surface area contributed by atoms with Crippen molar-refractivity contribution in [2.75, 3.05) is 6.54 Å². The van der Waals surface area contributed by atoms with Gasteiger partial charge in [-0.25, -0.2) is 0 Å². The van der Waals surface area contributed by atoms with E-state index in [4.69, 9.17) is 0 Å². The first kappa shape index (κ1) is 18.9. The van der Waals surface area contributed by atoms with E-state index in [2.05, 4.69) is 22.8 Å². The van der Waals surface area contributed by atoms with Crippen LogP contribution in [0.15, 0.2) is 66.7 Å². The minimum Gasteiger partial charge on any atom is -0.353 e. The standard InChI is InChI=1S/C23H26N2O2/c1-18(25-21(26)14-13-19-9-4-2-5-10-19)22(27)24-17-23(15-8-16-23)20-11-6-3-7-12-20/h2-7,9-14,18H,8,15-17H2,1H3,(H,24,27)(H,25,26)/b14-13+. The molecule has 0 aromatic heterocycles. The van der Waals surface area contributed by atoms with Crippen molar-refractivity contribution in [2.45, 2.75) is 37.6 Å². The number of rotatable bonds is 7. The fraction of sp³-hybridized carbons (Fsp3) is 0.304. The Kier molecular flexibility index (Phi) is 6.07. The number of carbonyl (C=O) groups is 2. The molecule has 2 aromatic rings. The molecular weight excluding hydrogens is 336 g/mol. The molecule has 0 spiro atoms. The number of benzene rings is 2. The van der Waals surface area contributed by atoms with Crippen LogP contribution in [0.2, 0.25) is 0 Å². The highest BCUT2D eigenvalue weighted by atomic mass is 16.2. The van der Waals surface area contributed by atoms with Crippen LogP contribution in [-0.4, -0.2) is 24.4 Å². The van der Waals surface area contributed by atoms with E-state index in [-0.39, 0.29) is 17.2 Å². The summed E-state index contributed by atoms with van der Waals surface area (Å²) < 4.78 is 0. The van der Waals surface area contributed by atoms with Crippen LogP contribution in [0.4, 0.5) is 0 Å². The number of carbonyl (C=O) groups excluding carboxylic acids is 2. The first-order valence-electron chi connectivity index (χ1n) is 9.46. The number of nitrogens with one attached hydrogen (secondary N) is 2. The fourth-order valence-electron chi connectivity index (χ4n) is 3.44. The van der Waals surface area contributed by atoms with Crippen molar-refractivity contribution in [1.82, 2.24) is 10.6 Å². The van der Waals surface area contributed by atoms with Gasteiger partial charge in [-0.1, -0.05) is 67.1 Å². The maximum atomic E-state index is 12.4. The van der Waals surface area contributed by atoms with Gasteiger partial charge in [0.05, 0.1) is 0 Å². The maximum absolute atomic E-state index is 12.4.